The van der Waals surface area contributed by atoms with Crippen molar-refractivity contribution in [2.75, 3.05) is 16.8 Å². The first kappa shape index (κ1) is 18.1. The zero-order valence-corrected chi connectivity index (χ0v) is 17.4. The van der Waals surface area contributed by atoms with Crippen molar-refractivity contribution in [3.05, 3.63) is 103 Å². The Hall–Kier alpha value is -3.00. The van der Waals surface area contributed by atoms with Crippen molar-refractivity contribution in [2.24, 2.45) is 11.8 Å². The molecule has 146 valence electrons. The Morgan fingerprint density at radius 3 is 2.52 bits per heavy atom. The van der Waals surface area contributed by atoms with E-state index in [1.54, 1.807) is 0 Å². The number of allylic oxidation sites excluding steroid dienone is 4. The van der Waals surface area contributed by atoms with Crippen molar-refractivity contribution < 1.29 is 0 Å². The molecule has 1 heterocycles. The van der Waals surface area contributed by atoms with Gasteiger partial charge in [0.15, 0.2) is 0 Å². The van der Waals surface area contributed by atoms with E-state index in [2.05, 4.69) is 128 Å². The highest BCUT2D eigenvalue weighted by Crippen LogP contribution is 2.52. The van der Waals surface area contributed by atoms with E-state index < -0.39 is 0 Å². The van der Waals surface area contributed by atoms with Crippen LogP contribution in [0.4, 0.5) is 17.1 Å². The summed E-state index contributed by atoms with van der Waals surface area (Å²) in [6.07, 6.45) is 16.1. The Morgan fingerprint density at radius 2 is 1.69 bits per heavy atom. The van der Waals surface area contributed by atoms with Gasteiger partial charge in [-0.2, -0.15) is 0 Å². The highest BCUT2D eigenvalue weighted by Gasteiger charge is 2.53. The number of para-hydroxylation sites is 1. The lowest BCUT2D eigenvalue weighted by atomic mass is 9.78. The number of benzene rings is 2. The van der Waals surface area contributed by atoms with E-state index in [-0.39, 0.29) is 5.54 Å². The molecule has 2 heteroatoms. The lowest BCUT2D eigenvalue weighted by molar-refractivity contribution is 0.476. The molecule has 0 saturated carbocycles. The molecule has 1 saturated heterocycles. The number of hydrogen-bond donors (Lipinski definition) is 0. The Labute approximate surface area is 174 Å². The van der Waals surface area contributed by atoms with Crippen molar-refractivity contribution >= 4 is 17.1 Å². The van der Waals surface area contributed by atoms with Crippen LogP contribution in [0.2, 0.25) is 0 Å². The van der Waals surface area contributed by atoms with Gasteiger partial charge in [-0.1, -0.05) is 73.7 Å². The molecule has 0 amide bonds. The third-order valence-corrected chi connectivity index (χ3v) is 6.82. The summed E-state index contributed by atoms with van der Waals surface area (Å²) < 4.78 is 0. The minimum absolute atomic E-state index is 0.0462. The van der Waals surface area contributed by atoms with Gasteiger partial charge in [0.2, 0.25) is 0 Å². The van der Waals surface area contributed by atoms with Crippen LogP contribution in [0, 0.1) is 11.8 Å². The molecule has 2 aliphatic carbocycles. The number of hydrogen-bond acceptors (Lipinski definition) is 2. The van der Waals surface area contributed by atoms with Crippen molar-refractivity contribution in [2.45, 2.75) is 25.4 Å². The van der Waals surface area contributed by atoms with Gasteiger partial charge in [-0.15, -0.1) is 0 Å². The van der Waals surface area contributed by atoms with Crippen LogP contribution >= 0.6 is 0 Å². The maximum Gasteiger partial charge on any atom is 0.0666 e. The molecule has 5 rings (SSSR count). The van der Waals surface area contributed by atoms with Gasteiger partial charge in [0.1, 0.15) is 0 Å². The number of anilines is 3. The van der Waals surface area contributed by atoms with Crippen LogP contribution in [-0.4, -0.2) is 18.6 Å². The summed E-state index contributed by atoms with van der Waals surface area (Å²) in [6, 6.07) is 19.9. The number of nitrogens with zero attached hydrogens (tertiary/aromatic N) is 2. The molecule has 1 aliphatic heterocycles. The minimum Gasteiger partial charge on any atom is -0.354 e. The SMILES string of the molecule is CC1C=CC=C2C3C=CC=CC3(C)N(c3cccc(N(C)c4ccccc4)c3)[C@H]21. The molecule has 0 aromatic heterocycles. The third-order valence-electron chi connectivity index (χ3n) is 6.82. The molecule has 2 aromatic carbocycles. The minimum atomic E-state index is -0.0462. The number of rotatable bonds is 3. The average molecular weight is 381 g/mol. The normalized spacial score (nSPS) is 29.4. The monoisotopic (exact) mass is 380 g/mol. The topological polar surface area (TPSA) is 6.48 Å². The van der Waals surface area contributed by atoms with Gasteiger partial charge in [-0.3, -0.25) is 0 Å². The van der Waals surface area contributed by atoms with E-state index in [9.17, 15) is 0 Å². The maximum atomic E-state index is 2.65. The largest absolute Gasteiger partial charge is 0.354 e. The predicted molar refractivity (Wildman–Crippen MR) is 124 cm³/mol. The summed E-state index contributed by atoms with van der Waals surface area (Å²) in [6.45, 7) is 4.73. The van der Waals surface area contributed by atoms with E-state index in [4.69, 9.17) is 0 Å². The summed E-state index contributed by atoms with van der Waals surface area (Å²) in [5, 5.41) is 0. The first-order valence-corrected chi connectivity index (χ1v) is 10.5. The molecule has 2 aromatic rings. The fourth-order valence-corrected chi connectivity index (χ4v) is 5.31. The standard InChI is InChI=1S/C27H28N2/c1-20-11-9-16-24-25-17-7-8-18-27(25,2)29(26(20)24)23-15-10-14-22(19-23)28(3)21-12-5-4-6-13-21/h4-20,25-26H,1-3H3/t20?,25?,26-,27?/m0/s1. The molecule has 2 nitrogen and oxygen atoms in total. The van der Waals surface area contributed by atoms with E-state index >= 15 is 0 Å². The Morgan fingerprint density at radius 1 is 0.897 bits per heavy atom. The average Bonchev–Trinajstić information content (AvgIpc) is 3.03. The summed E-state index contributed by atoms with van der Waals surface area (Å²) in [5.74, 6) is 0.898. The Bertz CT molecular complexity index is 1030. The van der Waals surface area contributed by atoms with Gasteiger partial charge < -0.3 is 9.80 Å². The van der Waals surface area contributed by atoms with Crippen LogP contribution in [0.5, 0.6) is 0 Å². The zero-order valence-electron chi connectivity index (χ0n) is 17.4. The lowest BCUT2D eigenvalue weighted by Gasteiger charge is -2.42. The summed E-state index contributed by atoms with van der Waals surface area (Å²) in [5.41, 5.74) is 5.18. The van der Waals surface area contributed by atoms with Crippen LogP contribution in [0.3, 0.4) is 0 Å². The molecule has 0 N–H and O–H groups in total. The van der Waals surface area contributed by atoms with Crippen LogP contribution in [-0.2, 0) is 0 Å². The predicted octanol–water partition coefficient (Wildman–Crippen LogP) is 6.28. The quantitative estimate of drug-likeness (QED) is 0.618. The zero-order chi connectivity index (χ0) is 20.0. The van der Waals surface area contributed by atoms with Gasteiger partial charge >= 0.3 is 0 Å². The second-order valence-electron chi connectivity index (χ2n) is 8.59. The second-order valence-corrected chi connectivity index (χ2v) is 8.59. The van der Waals surface area contributed by atoms with Gasteiger partial charge in [0.25, 0.3) is 0 Å². The van der Waals surface area contributed by atoms with Crippen LogP contribution < -0.4 is 9.80 Å². The fourth-order valence-electron chi connectivity index (χ4n) is 5.31. The van der Waals surface area contributed by atoms with Crippen LogP contribution in [0.15, 0.2) is 103 Å². The van der Waals surface area contributed by atoms with Crippen molar-refractivity contribution in [3.8, 4) is 0 Å². The molecule has 3 aliphatic rings. The van der Waals surface area contributed by atoms with E-state index in [0.29, 0.717) is 17.9 Å². The lowest BCUT2D eigenvalue weighted by Crippen LogP contribution is -2.48. The molecule has 29 heavy (non-hydrogen) atoms. The van der Waals surface area contributed by atoms with Gasteiger partial charge in [0.05, 0.1) is 11.6 Å². The van der Waals surface area contributed by atoms with Crippen LogP contribution in [0.25, 0.3) is 0 Å². The van der Waals surface area contributed by atoms with E-state index in [0.717, 1.165) is 0 Å². The first-order chi connectivity index (χ1) is 14.1. The fraction of sp³-hybridized carbons (Fsp3) is 0.259. The molecule has 1 fully saturated rings. The van der Waals surface area contributed by atoms with Crippen molar-refractivity contribution in [3.63, 3.8) is 0 Å². The first-order valence-electron chi connectivity index (χ1n) is 10.5. The summed E-state index contributed by atoms with van der Waals surface area (Å²) in [7, 11) is 2.14. The highest BCUT2D eigenvalue weighted by atomic mass is 15.3. The molecular formula is C27H28N2. The molecule has 3 unspecified atom stereocenters. The van der Waals surface area contributed by atoms with E-state index in [1.165, 1.54) is 22.6 Å². The van der Waals surface area contributed by atoms with Gasteiger partial charge in [-0.25, -0.2) is 0 Å². The molecule has 4 atom stereocenters. The third kappa shape index (κ3) is 2.78. The van der Waals surface area contributed by atoms with Gasteiger partial charge in [0, 0.05) is 30.0 Å². The van der Waals surface area contributed by atoms with Gasteiger partial charge in [-0.05, 0) is 48.7 Å². The second kappa shape index (κ2) is 6.81. The molecule has 0 radical (unpaired) electrons. The van der Waals surface area contributed by atoms with Crippen molar-refractivity contribution in [1.82, 2.24) is 0 Å². The van der Waals surface area contributed by atoms with Crippen molar-refractivity contribution in [1.29, 1.82) is 0 Å². The summed E-state index contributed by atoms with van der Waals surface area (Å²) >= 11 is 0. The molecular weight excluding hydrogens is 352 g/mol. The summed E-state index contributed by atoms with van der Waals surface area (Å²) in [4.78, 5) is 4.91. The maximum absolute atomic E-state index is 2.65. The van der Waals surface area contributed by atoms with Crippen LogP contribution in [0.1, 0.15) is 13.8 Å². The Balaban J connectivity index is 1.60. The molecule has 0 spiro atoms. The smallest absolute Gasteiger partial charge is 0.0666 e. The highest BCUT2D eigenvalue weighted by molar-refractivity contribution is 5.70. The number of fused-ring (bicyclic) bond motifs is 3. The Kier molecular flexibility index (Phi) is 4.24. The molecule has 0 bridgehead atoms. The van der Waals surface area contributed by atoms with E-state index in [1.807, 2.05) is 0 Å².